The van der Waals surface area contributed by atoms with Gasteiger partial charge in [-0.2, -0.15) is 24.5 Å². The Hall–Kier alpha value is -2.51. The van der Waals surface area contributed by atoms with Gasteiger partial charge in [-0.25, -0.2) is 0 Å². The molecule has 0 bridgehead atoms. The Morgan fingerprint density at radius 1 is 1.11 bits per heavy atom. The molecule has 2 aromatic rings. The molecule has 1 N–H and O–H groups in total. The molecule has 0 saturated heterocycles. The van der Waals surface area contributed by atoms with Crippen molar-refractivity contribution in [2.24, 2.45) is 16.3 Å². The highest BCUT2D eigenvalue weighted by atomic mass is 32.1. The Labute approximate surface area is 207 Å². The Balaban J connectivity index is 1.72. The van der Waals surface area contributed by atoms with Crippen molar-refractivity contribution in [1.29, 1.82) is 0 Å². The average Bonchev–Trinajstić information content (AvgIpc) is 3.50. The summed E-state index contributed by atoms with van der Waals surface area (Å²) in [6.07, 6.45) is 2.48. The number of fused-ring (bicyclic) bond motifs is 1. The van der Waals surface area contributed by atoms with Crippen LogP contribution in [-0.2, 0) is 6.18 Å². The van der Waals surface area contributed by atoms with E-state index < -0.39 is 17.5 Å². The van der Waals surface area contributed by atoms with Crippen LogP contribution in [0.25, 0.3) is 5.57 Å². The number of halogens is 3. The molecule has 0 radical (unpaired) electrons. The molecular formula is C28H28F3NO2S. The van der Waals surface area contributed by atoms with Gasteiger partial charge in [0.15, 0.2) is 11.5 Å². The van der Waals surface area contributed by atoms with Crippen molar-refractivity contribution < 1.29 is 23.1 Å². The molecule has 1 fully saturated rings. The zero-order valence-corrected chi connectivity index (χ0v) is 20.6. The van der Waals surface area contributed by atoms with Crippen LogP contribution in [0.3, 0.4) is 0 Å². The zero-order chi connectivity index (χ0) is 25.0. The largest absolute Gasteiger partial charge is 0.416 e. The molecule has 1 atom stereocenters. The second-order valence-corrected chi connectivity index (χ2v) is 11.4. The number of hydrogen-bond donors (Lipinski definition) is 1. The number of ketones is 1. The van der Waals surface area contributed by atoms with E-state index in [-0.39, 0.29) is 22.7 Å². The first-order chi connectivity index (χ1) is 16.5. The van der Waals surface area contributed by atoms with Gasteiger partial charge in [-0.3, -0.25) is 9.79 Å². The summed E-state index contributed by atoms with van der Waals surface area (Å²) >= 11 is 1.50. The number of rotatable bonds is 4. The number of carbonyl (C=O) groups is 1. The standard InChI is InChI=1S/C28H28F3NO2S/c1-26(2)13-11-21-22(19-12-14-35-15-19)23(24(17-5-3-4-6-17)32-27(21,34)16-26)25(33)18-7-9-20(10-8-18)28(29,30)31/h7-12,14-15,17,34H,3-6,13,16H2,1-2H3. The molecule has 2 heterocycles. The maximum atomic E-state index is 14.0. The number of allylic oxidation sites excluding steroid dienone is 2. The molecule has 1 unspecified atom stereocenters. The maximum Gasteiger partial charge on any atom is 0.416 e. The van der Waals surface area contributed by atoms with Gasteiger partial charge >= 0.3 is 6.18 Å². The molecule has 1 aliphatic heterocycles. The summed E-state index contributed by atoms with van der Waals surface area (Å²) in [7, 11) is 0. The van der Waals surface area contributed by atoms with Crippen LogP contribution in [0.5, 0.6) is 0 Å². The predicted molar refractivity (Wildman–Crippen MR) is 132 cm³/mol. The Morgan fingerprint density at radius 2 is 1.80 bits per heavy atom. The molecule has 0 spiro atoms. The van der Waals surface area contributed by atoms with Crippen LogP contribution in [0.4, 0.5) is 13.2 Å². The lowest BCUT2D eigenvalue weighted by Crippen LogP contribution is -2.44. The summed E-state index contributed by atoms with van der Waals surface area (Å²) in [5.41, 5.74) is 0.975. The predicted octanol–water partition coefficient (Wildman–Crippen LogP) is 7.48. The van der Waals surface area contributed by atoms with E-state index in [4.69, 9.17) is 4.99 Å². The molecule has 184 valence electrons. The van der Waals surface area contributed by atoms with Gasteiger partial charge in [0.2, 0.25) is 0 Å². The van der Waals surface area contributed by atoms with Gasteiger partial charge in [-0.1, -0.05) is 44.9 Å². The first-order valence-corrected chi connectivity index (χ1v) is 13.0. The molecule has 3 nitrogen and oxygen atoms in total. The molecule has 3 aliphatic rings. The highest BCUT2D eigenvalue weighted by Gasteiger charge is 2.48. The number of Topliss-reactive ketones (excluding diaryl/α,β-unsaturated/α-hetero) is 1. The number of alkyl halides is 3. The molecule has 0 amide bonds. The Morgan fingerprint density at radius 3 is 2.40 bits per heavy atom. The fraction of sp³-hybridized carbons (Fsp3) is 0.429. The van der Waals surface area contributed by atoms with E-state index in [2.05, 4.69) is 13.8 Å². The van der Waals surface area contributed by atoms with E-state index in [9.17, 15) is 23.1 Å². The molecule has 1 saturated carbocycles. The summed E-state index contributed by atoms with van der Waals surface area (Å²) in [4.78, 5) is 18.9. The molecular weight excluding hydrogens is 471 g/mol. The third-order valence-corrected chi connectivity index (χ3v) is 8.03. The van der Waals surface area contributed by atoms with Gasteiger partial charge in [-0.05, 0) is 59.2 Å². The van der Waals surface area contributed by atoms with Gasteiger partial charge in [0, 0.05) is 29.0 Å². The third kappa shape index (κ3) is 4.45. The summed E-state index contributed by atoms with van der Waals surface area (Å²) < 4.78 is 39.4. The van der Waals surface area contributed by atoms with E-state index in [0.717, 1.165) is 49.8 Å². The van der Waals surface area contributed by atoms with Crippen molar-refractivity contribution in [3.05, 3.63) is 75.0 Å². The number of nitrogens with zero attached hydrogens (tertiary/aromatic N) is 1. The molecule has 2 aliphatic carbocycles. The second-order valence-electron chi connectivity index (χ2n) is 10.6. The number of aliphatic imine (C=N–C) groups is 1. The van der Waals surface area contributed by atoms with Gasteiger partial charge in [0.1, 0.15) is 0 Å². The van der Waals surface area contributed by atoms with Crippen LogP contribution in [-0.4, -0.2) is 22.3 Å². The summed E-state index contributed by atoms with van der Waals surface area (Å²) in [6, 6.07) is 6.32. The smallest absolute Gasteiger partial charge is 0.365 e. The van der Waals surface area contributed by atoms with Crippen molar-refractivity contribution in [1.82, 2.24) is 0 Å². The summed E-state index contributed by atoms with van der Waals surface area (Å²) in [5, 5.41) is 15.8. The van der Waals surface area contributed by atoms with Gasteiger partial charge in [-0.15, -0.1) is 0 Å². The minimum absolute atomic E-state index is 0.0349. The quantitative estimate of drug-likeness (QED) is 0.443. The minimum atomic E-state index is -4.47. The van der Waals surface area contributed by atoms with Crippen LogP contribution < -0.4 is 0 Å². The number of benzene rings is 1. The first kappa shape index (κ1) is 24.2. The van der Waals surface area contributed by atoms with Crippen LogP contribution in [0.1, 0.15) is 73.9 Å². The number of thiophene rings is 1. The SMILES string of the molecule is CC1(C)CC=C2C(c3ccsc3)=C(C(=O)c3ccc(C(F)(F)F)cc3)C(C3CCCC3)=NC2(O)C1. The second kappa shape index (κ2) is 8.56. The van der Waals surface area contributed by atoms with Crippen molar-refractivity contribution in [2.75, 3.05) is 0 Å². The zero-order valence-electron chi connectivity index (χ0n) is 19.8. The number of carbonyl (C=O) groups excluding carboxylic acids is 1. The van der Waals surface area contributed by atoms with Crippen molar-refractivity contribution in [3.63, 3.8) is 0 Å². The monoisotopic (exact) mass is 499 g/mol. The van der Waals surface area contributed by atoms with Crippen LogP contribution >= 0.6 is 11.3 Å². The average molecular weight is 500 g/mol. The Kier molecular flexibility index (Phi) is 5.92. The van der Waals surface area contributed by atoms with Crippen molar-refractivity contribution in [2.45, 2.75) is 64.3 Å². The highest BCUT2D eigenvalue weighted by molar-refractivity contribution is 7.08. The topological polar surface area (TPSA) is 49.7 Å². The molecule has 7 heteroatoms. The fourth-order valence-corrected chi connectivity index (χ4v) is 6.33. The lowest BCUT2D eigenvalue weighted by Gasteiger charge is -2.44. The fourth-order valence-electron chi connectivity index (χ4n) is 5.68. The van der Waals surface area contributed by atoms with Crippen LogP contribution in [0, 0.1) is 11.3 Å². The highest BCUT2D eigenvalue weighted by Crippen LogP contribution is 2.51. The van der Waals surface area contributed by atoms with Gasteiger partial charge in [0.05, 0.1) is 16.8 Å². The van der Waals surface area contributed by atoms with E-state index in [1.54, 1.807) is 0 Å². The maximum absolute atomic E-state index is 14.0. The van der Waals surface area contributed by atoms with E-state index in [1.807, 2.05) is 22.9 Å². The summed E-state index contributed by atoms with van der Waals surface area (Å²) in [6.45, 7) is 4.19. The summed E-state index contributed by atoms with van der Waals surface area (Å²) in [5.74, 6) is -0.314. The molecule has 5 rings (SSSR count). The van der Waals surface area contributed by atoms with E-state index in [1.165, 1.54) is 23.5 Å². The lowest BCUT2D eigenvalue weighted by molar-refractivity contribution is -0.137. The van der Waals surface area contributed by atoms with Crippen LogP contribution in [0.2, 0.25) is 0 Å². The first-order valence-electron chi connectivity index (χ1n) is 12.0. The number of hydrogen-bond acceptors (Lipinski definition) is 4. The Bertz CT molecular complexity index is 1230. The number of aliphatic hydroxyl groups is 1. The van der Waals surface area contributed by atoms with Gasteiger partial charge < -0.3 is 5.11 Å². The minimum Gasteiger partial charge on any atom is -0.365 e. The molecule has 35 heavy (non-hydrogen) atoms. The lowest BCUT2D eigenvalue weighted by atomic mass is 9.68. The van der Waals surface area contributed by atoms with Crippen molar-refractivity contribution in [3.8, 4) is 0 Å². The number of dihydropyridines is 1. The molecule has 1 aromatic carbocycles. The van der Waals surface area contributed by atoms with E-state index >= 15 is 0 Å². The van der Waals surface area contributed by atoms with Crippen LogP contribution in [0.15, 0.2) is 63.3 Å². The van der Waals surface area contributed by atoms with Gasteiger partial charge in [0.25, 0.3) is 0 Å². The molecule has 1 aromatic heterocycles. The van der Waals surface area contributed by atoms with Crippen molar-refractivity contribution >= 4 is 28.4 Å². The van der Waals surface area contributed by atoms with E-state index in [0.29, 0.717) is 28.9 Å². The normalized spacial score (nSPS) is 24.7. The third-order valence-electron chi connectivity index (χ3n) is 7.35.